The molecule has 118 valence electrons. The Balaban J connectivity index is 0.00000132. The van der Waals surface area contributed by atoms with Crippen molar-refractivity contribution in [1.82, 2.24) is 4.90 Å². The van der Waals surface area contributed by atoms with Gasteiger partial charge in [0.15, 0.2) is 0 Å². The van der Waals surface area contributed by atoms with Gasteiger partial charge in [0.1, 0.15) is 0 Å². The molecular formula is C17H18Cl2CsNOS. The van der Waals surface area contributed by atoms with Gasteiger partial charge in [0.05, 0.1) is 14.9 Å². The molecule has 6 heteroatoms. The third-order valence-corrected chi connectivity index (χ3v) is 5.72. The van der Waals surface area contributed by atoms with Crippen LogP contribution < -0.4 is 68.9 Å². The third-order valence-electron chi connectivity index (χ3n) is 3.71. The minimum absolute atomic E-state index is 0. The summed E-state index contributed by atoms with van der Waals surface area (Å²) < 4.78 is 0. The molecule has 2 heterocycles. The first-order valence-corrected chi connectivity index (χ1v) is 8.48. The second kappa shape index (κ2) is 9.65. The largest absolute Gasteiger partial charge is 1.00 e. The Labute approximate surface area is 211 Å². The van der Waals surface area contributed by atoms with Gasteiger partial charge >= 0.3 is 68.9 Å². The van der Waals surface area contributed by atoms with E-state index in [0.717, 1.165) is 46.8 Å². The van der Waals surface area contributed by atoms with Crippen molar-refractivity contribution in [3.63, 3.8) is 0 Å². The molecule has 0 atom stereocenters. The number of likely N-dealkylation sites (tertiary alicyclic amines) is 1. The summed E-state index contributed by atoms with van der Waals surface area (Å²) in [5.74, 6) is 0.154. The summed E-state index contributed by atoms with van der Waals surface area (Å²) in [5.41, 5.74) is 2.02. The standard InChI is InChI=1S/C16H15Cl2NOS.CH3.Cs/c1-10-8-14(11-4-5-12(17)13(18)9-11)21-15(10)16(20)19-6-2-3-7-19;;/h4-5,8-9H,2-3,6-7H2,1H3;1H3;/q;-1;+1. The molecule has 1 fully saturated rings. The first-order valence-electron chi connectivity index (χ1n) is 6.91. The van der Waals surface area contributed by atoms with E-state index in [1.807, 2.05) is 30.0 Å². The maximum atomic E-state index is 12.5. The minimum atomic E-state index is 0. The summed E-state index contributed by atoms with van der Waals surface area (Å²) in [4.78, 5) is 16.3. The van der Waals surface area contributed by atoms with Crippen molar-refractivity contribution in [2.75, 3.05) is 13.1 Å². The fourth-order valence-corrected chi connectivity index (χ4v) is 3.98. The van der Waals surface area contributed by atoms with Crippen molar-refractivity contribution in [2.24, 2.45) is 0 Å². The molecule has 0 bridgehead atoms. The number of rotatable bonds is 2. The van der Waals surface area contributed by atoms with Crippen LogP contribution >= 0.6 is 34.5 Å². The monoisotopic (exact) mass is 487 g/mol. The van der Waals surface area contributed by atoms with Crippen LogP contribution in [0.4, 0.5) is 0 Å². The molecule has 2 aromatic rings. The Bertz CT molecular complexity index is 696. The number of amides is 1. The van der Waals surface area contributed by atoms with E-state index in [1.54, 1.807) is 6.07 Å². The smallest absolute Gasteiger partial charge is 0.358 e. The first-order chi connectivity index (χ1) is 10.1. The predicted octanol–water partition coefficient (Wildman–Crippen LogP) is 2.72. The topological polar surface area (TPSA) is 20.3 Å². The molecule has 0 N–H and O–H groups in total. The van der Waals surface area contributed by atoms with Crippen molar-refractivity contribution >= 4 is 40.4 Å². The summed E-state index contributed by atoms with van der Waals surface area (Å²) in [6.07, 6.45) is 2.21. The molecule has 0 spiro atoms. The van der Waals surface area contributed by atoms with E-state index in [1.165, 1.54) is 11.3 Å². The molecule has 1 aliphatic heterocycles. The molecule has 2 nitrogen and oxygen atoms in total. The zero-order valence-corrected chi connectivity index (χ0v) is 22.3. The normalized spacial score (nSPS) is 13.4. The van der Waals surface area contributed by atoms with Crippen LogP contribution in [0.5, 0.6) is 0 Å². The number of carbonyl (C=O) groups excluding carboxylic acids is 1. The van der Waals surface area contributed by atoms with Crippen LogP contribution in [0.3, 0.4) is 0 Å². The van der Waals surface area contributed by atoms with Crippen LogP contribution in [0.2, 0.25) is 10.0 Å². The number of hydrogen-bond acceptors (Lipinski definition) is 2. The fourth-order valence-electron chi connectivity index (χ4n) is 2.55. The van der Waals surface area contributed by atoms with Gasteiger partial charge in [-0.3, -0.25) is 4.79 Å². The number of hydrogen-bond donors (Lipinski definition) is 0. The van der Waals surface area contributed by atoms with Gasteiger partial charge < -0.3 is 12.3 Å². The van der Waals surface area contributed by atoms with Gasteiger partial charge in [-0.05, 0) is 49.1 Å². The Hall–Kier alpha value is 1.02. The quantitative estimate of drug-likeness (QED) is 0.596. The van der Waals surface area contributed by atoms with Crippen LogP contribution in [0.15, 0.2) is 24.3 Å². The van der Waals surface area contributed by atoms with Crippen LogP contribution in [0.25, 0.3) is 10.4 Å². The maximum Gasteiger partial charge on any atom is 1.00 e. The van der Waals surface area contributed by atoms with Gasteiger partial charge in [0.2, 0.25) is 0 Å². The molecule has 1 aliphatic rings. The molecule has 23 heavy (non-hydrogen) atoms. The van der Waals surface area contributed by atoms with E-state index in [2.05, 4.69) is 0 Å². The molecule has 0 aliphatic carbocycles. The van der Waals surface area contributed by atoms with E-state index in [0.29, 0.717) is 10.0 Å². The Morgan fingerprint density at radius 3 is 2.39 bits per heavy atom. The second-order valence-corrected chi connectivity index (χ2v) is 7.12. The predicted molar refractivity (Wildman–Crippen MR) is 96.1 cm³/mol. The molecule has 1 aromatic heterocycles. The van der Waals surface area contributed by atoms with Crippen LogP contribution in [-0.2, 0) is 0 Å². The fraction of sp³-hybridized carbons (Fsp3) is 0.294. The van der Waals surface area contributed by atoms with Gasteiger partial charge in [-0.1, -0.05) is 29.3 Å². The molecule has 3 rings (SSSR count). The van der Waals surface area contributed by atoms with E-state index < -0.39 is 0 Å². The van der Waals surface area contributed by atoms with Crippen LogP contribution in [0, 0.1) is 14.4 Å². The van der Waals surface area contributed by atoms with Gasteiger partial charge in [0.25, 0.3) is 5.91 Å². The second-order valence-electron chi connectivity index (χ2n) is 5.25. The number of thiophene rings is 1. The van der Waals surface area contributed by atoms with Gasteiger partial charge in [-0.2, -0.15) is 0 Å². The average Bonchev–Trinajstić information content (AvgIpc) is 3.10. The summed E-state index contributed by atoms with van der Waals surface area (Å²) >= 11 is 13.6. The molecule has 0 unspecified atom stereocenters. The average molecular weight is 488 g/mol. The zero-order chi connectivity index (χ0) is 15.0. The van der Waals surface area contributed by atoms with Crippen molar-refractivity contribution in [1.29, 1.82) is 0 Å². The van der Waals surface area contributed by atoms with Crippen molar-refractivity contribution in [3.8, 4) is 10.4 Å². The van der Waals surface area contributed by atoms with Crippen LogP contribution in [-0.4, -0.2) is 23.9 Å². The minimum Gasteiger partial charge on any atom is -0.358 e. The van der Waals surface area contributed by atoms with E-state index in [9.17, 15) is 4.79 Å². The SMILES string of the molecule is Cc1cc(-c2ccc(Cl)c(Cl)c2)sc1C(=O)N1CCCC1.[CH3-].[Cs+]. The summed E-state index contributed by atoms with van der Waals surface area (Å²) in [6.45, 7) is 3.73. The molecule has 1 amide bonds. The number of benzene rings is 1. The Kier molecular flexibility index (Phi) is 9.25. The first kappa shape index (κ1) is 22.1. The zero-order valence-electron chi connectivity index (χ0n) is 13.7. The molecule has 0 radical (unpaired) electrons. The van der Waals surface area contributed by atoms with E-state index in [-0.39, 0.29) is 82.2 Å². The summed E-state index contributed by atoms with van der Waals surface area (Å²) in [7, 11) is 0. The number of halogens is 2. The van der Waals surface area contributed by atoms with Crippen molar-refractivity contribution < 1.29 is 73.7 Å². The third kappa shape index (κ3) is 5.02. The molecule has 0 saturated carbocycles. The summed E-state index contributed by atoms with van der Waals surface area (Å²) in [5, 5.41) is 1.08. The van der Waals surface area contributed by atoms with E-state index >= 15 is 0 Å². The van der Waals surface area contributed by atoms with E-state index in [4.69, 9.17) is 23.2 Å². The molecular weight excluding hydrogens is 470 g/mol. The van der Waals surface area contributed by atoms with Gasteiger partial charge in [0, 0.05) is 18.0 Å². The van der Waals surface area contributed by atoms with Crippen molar-refractivity contribution in [2.45, 2.75) is 19.8 Å². The Morgan fingerprint density at radius 2 is 1.78 bits per heavy atom. The van der Waals surface area contributed by atoms with Crippen LogP contribution in [0.1, 0.15) is 28.1 Å². The van der Waals surface area contributed by atoms with Crippen molar-refractivity contribution in [3.05, 3.63) is 52.2 Å². The van der Waals surface area contributed by atoms with Gasteiger partial charge in [-0.15, -0.1) is 11.3 Å². The number of nitrogens with zero attached hydrogens (tertiary/aromatic N) is 1. The number of carbonyl (C=O) groups is 1. The number of aryl methyl sites for hydroxylation is 1. The molecule has 1 saturated heterocycles. The molecule has 1 aromatic carbocycles. The van der Waals surface area contributed by atoms with Gasteiger partial charge in [-0.25, -0.2) is 0 Å². The summed E-state index contributed by atoms with van der Waals surface area (Å²) in [6, 6.07) is 7.62. The maximum absolute atomic E-state index is 12.5. The Morgan fingerprint density at radius 1 is 1.13 bits per heavy atom.